The summed E-state index contributed by atoms with van der Waals surface area (Å²) in [6.45, 7) is 1.36. The molecule has 2 N–H and O–H groups in total. The molecule has 3 aromatic carbocycles. The van der Waals surface area contributed by atoms with Gasteiger partial charge >= 0.3 is 0 Å². The van der Waals surface area contributed by atoms with Crippen LogP contribution in [0.4, 0.5) is 0 Å². The average Bonchev–Trinajstić information content (AvgIpc) is 3.22. The second kappa shape index (κ2) is 9.03. The third-order valence-electron chi connectivity index (χ3n) is 6.25. The maximum Gasteiger partial charge on any atom is 0.125 e. The molecule has 4 aromatic rings. The number of hydrogen-bond acceptors (Lipinski definition) is 3. The molecular weight excluding hydrogens is 396 g/mol. The summed E-state index contributed by atoms with van der Waals surface area (Å²) in [5.41, 5.74) is 6.87. The summed E-state index contributed by atoms with van der Waals surface area (Å²) in [7, 11) is 2.07. The van der Waals surface area contributed by atoms with Crippen LogP contribution in [0.5, 0.6) is 5.75 Å². The predicted octanol–water partition coefficient (Wildman–Crippen LogP) is 5.15. The van der Waals surface area contributed by atoms with Crippen molar-refractivity contribution in [3.05, 3.63) is 107 Å². The Morgan fingerprint density at radius 2 is 1.97 bits per heavy atom. The van der Waals surface area contributed by atoms with E-state index in [4.69, 9.17) is 4.74 Å². The predicted molar refractivity (Wildman–Crippen MR) is 130 cm³/mol. The lowest BCUT2D eigenvalue weighted by atomic mass is 9.91. The van der Waals surface area contributed by atoms with Gasteiger partial charge in [0.1, 0.15) is 12.4 Å². The van der Waals surface area contributed by atoms with Crippen LogP contribution in [0, 0.1) is 0 Å². The van der Waals surface area contributed by atoms with Gasteiger partial charge in [0.2, 0.25) is 0 Å². The molecule has 162 valence electrons. The highest BCUT2D eigenvalue weighted by molar-refractivity contribution is 5.89. The molecule has 1 aromatic heterocycles. The Balaban J connectivity index is 1.42. The second-order valence-electron chi connectivity index (χ2n) is 8.34. The van der Waals surface area contributed by atoms with Crippen LogP contribution in [0.1, 0.15) is 33.9 Å². The van der Waals surface area contributed by atoms with E-state index in [2.05, 4.69) is 83.8 Å². The topological polar surface area (TPSA) is 46.4 Å². The lowest BCUT2D eigenvalue weighted by Crippen LogP contribution is -2.28. The first kappa shape index (κ1) is 20.6. The Kier molecular flexibility index (Phi) is 5.80. The van der Waals surface area contributed by atoms with Gasteiger partial charge in [0, 0.05) is 36.3 Å². The maximum absolute atomic E-state index is 10.0. The molecule has 0 spiro atoms. The molecule has 1 atom stereocenters. The summed E-state index contributed by atoms with van der Waals surface area (Å²) in [5, 5.41) is 14.9. The summed E-state index contributed by atoms with van der Waals surface area (Å²) < 4.78 is 8.24. The van der Waals surface area contributed by atoms with Gasteiger partial charge in [-0.25, -0.2) is 0 Å². The number of aliphatic hydroxyl groups is 1. The zero-order valence-electron chi connectivity index (χ0n) is 18.3. The van der Waals surface area contributed by atoms with Gasteiger partial charge in [-0.05, 0) is 52.9 Å². The van der Waals surface area contributed by atoms with Gasteiger partial charge in [0.15, 0.2) is 0 Å². The van der Waals surface area contributed by atoms with Crippen LogP contribution in [0.25, 0.3) is 17.0 Å². The molecule has 0 aliphatic carbocycles. The normalized spacial score (nSPS) is 15.9. The number of hydrogen-bond donors (Lipinski definition) is 2. The van der Waals surface area contributed by atoms with Gasteiger partial charge in [-0.15, -0.1) is 0 Å². The zero-order valence-corrected chi connectivity index (χ0v) is 18.3. The van der Waals surface area contributed by atoms with E-state index in [1.165, 1.54) is 27.6 Å². The van der Waals surface area contributed by atoms with Crippen LogP contribution in [0.3, 0.4) is 0 Å². The second-order valence-corrected chi connectivity index (χ2v) is 8.34. The Morgan fingerprint density at radius 3 is 2.81 bits per heavy atom. The minimum atomic E-state index is -0.0445. The summed E-state index contributed by atoms with van der Waals surface area (Å²) in [6.07, 6.45) is 7.47. The number of nitrogens with one attached hydrogen (secondary N) is 1. The van der Waals surface area contributed by atoms with Gasteiger partial charge in [-0.2, -0.15) is 0 Å². The van der Waals surface area contributed by atoms with Crippen molar-refractivity contribution in [1.82, 2.24) is 9.88 Å². The fourth-order valence-electron chi connectivity index (χ4n) is 4.50. The molecule has 0 amide bonds. The standard InChI is InChI=1S/C28H28N2O2/c1-30-15-13-24-21(8-5-9-27(24)30)10-11-26-25-16-23(18-31)28(17-22(25)12-14-29-26)32-19-20-6-3-2-4-7-20/h2-11,13,15-17,26,29,31H,12,14,18-19H2,1H3/b11-10+. The first-order chi connectivity index (χ1) is 15.7. The van der Waals surface area contributed by atoms with Gasteiger partial charge in [0.05, 0.1) is 12.6 Å². The van der Waals surface area contributed by atoms with Crippen molar-refractivity contribution < 1.29 is 9.84 Å². The fourth-order valence-corrected chi connectivity index (χ4v) is 4.50. The molecule has 0 saturated carbocycles. The molecule has 1 aliphatic heterocycles. The fraction of sp³-hybridized carbons (Fsp3) is 0.214. The number of ether oxygens (including phenoxy) is 1. The Hall–Kier alpha value is -3.34. The number of aryl methyl sites for hydroxylation is 1. The summed E-state index contributed by atoms with van der Waals surface area (Å²) in [5.74, 6) is 0.772. The quantitative estimate of drug-likeness (QED) is 0.450. The summed E-state index contributed by atoms with van der Waals surface area (Å²) >= 11 is 0. The first-order valence-electron chi connectivity index (χ1n) is 11.1. The van der Waals surface area contributed by atoms with E-state index in [0.29, 0.717) is 6.61 Å². The third-order valence-corrected chi connectivity index (χ3v) is 6.25. The largest absolute Gasteiger partial charge is 0.489 e. The van der Waals surface area contributed by atoms with Crippen molar-refractivity contribution in [2.75, 3.05) is 6.54 Å². The average molecular weight is 425 g/mol. The van der Waals surface area contributed by atoms with E-state index in [-0.39, 0.29) is 12.6 Å². The van der Waals surface area contributed by atoms with E-state index in [1.807, 2.05) is 18.2 Å². The minimum absolute atomic E-state index is 0.0445. The van der Waals surface area contributed by atoms with Crippen LogP contribution in [0.2, 0.25) is 0 Å². The Labute approximate surface area is 188 Å². The monoisotopic (exact) mass is 424 g/mol. The zero-order chi connectivity index (χ0) is 21.9. The van der Waals surface area contributed by atoms with Crippen molar-refractivity contribution in [2.45, 2.75) is 25.7 Å². The molecular formula is C28H28N2O2. The van der Waals surface area contributed by atoms with Crippen molar-refractivity contribution >= 4 is 17.0 Å². The van der Waals surface area contributed by atoms with Crippen molar-refractivity contribution in [3.63, 3.8) is 0 Å². The smallest absolute Gasteiger partial charge is 0.125 e. The highest BCUT2D eigenvalue weighted by atomic mass is 16.5. The van der Waals surface area contributed by atoms with Gasteiger partial charge in [-0.1, -0.05) is 54.6 Å². The first-order valence-corrected chi connectivity index (χ1v) is 11.1. The molecule has 4 heteroatoms. The molecule has 0 bridgehead atoms. The van der Waals surface area contributed by atoms with Crippen LogP contribution in [-0.2, 0) is 26.7 Å². The number of fused-ring (bicyclic) bond motifs is 2. The van der Waals surface area contributed by atoms with Crippen LogP contribution >= 0.6 is 0 Å². The SMILES string of the molecule is Cn1ccc2c(/C=C/C3NCCc4cc(OCc5ccccc5)c(CO)cc43)cccc21. The Bertz CT molecular complexity index is 1260. The maximum atomic E-state index is 10.0. The number of benzene rings is 3. The van der Waals surface area contributed by atoms with Gasteiger partial charge < -0.3 is 19.7 Å². The van der Waals surface area contributed by atoms with E-state index in [1.54, 1.807) is 0 Å². The highest BCUT2D eigenvalue weighted by Gasteiger charge is 2.20. The van der Waals surface area contributed by atoms with Crippen molar-refractivity contribution in [1.29, 1.82) is 0 Å². The minimum Gasteiger partial charge on any atom is -0.489 e. The molecule has 32 heavy (non-hydrogen) atoms. The van der Waals surface area contributed by atoms with E-state index in [9.17, 15) is 5.11 Å². The van der Waals surface area contributed by atoms with Crippen LogP contribution in [-0.4, -0.2) is 16.2 Å². The Morgan fingerprint density at radius 1 is 1.09 bits per heavy atom. The summed E-state index contributed by atoms with van der Waals surface area (Å²) in [6, 6.07) is 23.0. The van der Waals surface area contributed by atoms with Crippen LogP contribution in [0.15, 0.2) is 79.0 Å². The molecule has 1 aliphatic rings. The van der Waals surface area contributed by atoms with Crippen molar-refractivity contribution in [2.24, 2.45) is 7.05 Å². The molecule has 0 radical (unpaired) electrons. The van der Waals surface area contributed by atoms with E-state index >= 15 is 0 Å². The van der Waals surface area contributed by atoms with E-state index < -0.39 is 0 Å². The molecule has 0 saturated heterocycles. The summed E-state index contributed by atoms with van der Waals surface area (Å²) in [4.78, 5) is 0. The third kappa shape index (κ3) is 4.07. The molecule has 1 unspecified atom stereocenters. The molecule has 0 fully saturated rings. The highest BCUT2D eigenvalue weighted by Crippen LogP contribution is 2.32. The lowest BCUT2D eigenvalue weighted by Gasteiger charge is -2.26. The number of aliphatic hydroxyl groups excluding tert-OH is 1. The molecule has 2 heterocycles. The lowest BCUT2D eigenvalue weighted by molar-refractivity contribution is 0.258. The number of rotatable bonds is 6. The van der Waals surface area contributed by atoms with Crippen molar-refractivity contribution in [3.8, 4) is 5.75 Å². The number of aromatic nitrogens is 1. The van der Waals surface area contributed by atoms with Crippen LogP contribution < -0.4 is 10.1 Å². The van der Waals surface area contributed by atoms with Gasteiger partial charge in [0.25, 0.3) is 0 Å². The molecule has 5 rings (SSSR count). The van der Waals surface area contributed by atoms with Gasteiger partial charge in [-0.3, -0.25) is 0 Å². The molecule has 4 nitrogen and oxygen atoms in total. The van der Waals surface area contributed by atoms with E-state index in [0.717, 1.165) is 29.8 Å². The number of nitrogens with zero attached hydrogens (tertiary/aromatic N) is 1.